The topological polar surface area (TPSA) is 61.4 Å². The van der Waals surface area contributed by atoms with Gasteiger partial charge in [-0.15, -0.1) is 0 Å². The minimum absolute atomic E-state index is 0.0513. The lowest BCUT2D eigenvalue weighted by molar-refractivity contribution is 0.0938. The molecule has 0 aliphatic carbocycles. The molecular formula is C21H24FN3O2. The summed E-state index contributed by atoms with van der Waals surface area (Å²) in [5.41, 5.74) is 2.24. The molecule has 0 saturated carbocycles. The highest BCUT2D eigenvalue weighted by atomic mass is 19.1. The first kappa shape index (κ1) is 18.9. The van der Waals surface area contributed by atoms with Crippen LogP contribution in [0.1, 0.15) is 28.8 Å². The maximum Gasteiger partial charge on any atom is 0.321 e. The predicted octanol–water partition coefficient (Wildman–Crippen LogP) is 3.81. The highest BCUT2D eigenvalue weighted by molar-refractivity contribution is 5.95. The van der Waals surface area contributed by atoms with Gasteiger partial charge in [0.25, 0.3) is 5.91 Å². The molecule has 2 aromatic carbocycles. The van der Waals surface area contributed by atoms with Crippen molar-refractivity contribution in [1.82, 2.24) is 10.2 Å². The first-order chi connectivity index (χ1) is 13.0. The summed E-state index contributed by atoms with van der Waals surface area (Å²) in [4.78, 5) is 26.3. The largest absolute Gasteiger partial charge is 0.352 e. The van der Waals surface area contributed by atoms with Crippen LogP contribution in [0.3, 0.4) is 0 Å². The zero-order valence-electron chi connectivity index (χ0n) is 15.4. The maximum atomic E-state index is 12.9. The number of rotatable bonds is 4. The molecule has 1 aliphatic rings. The highest BCUT2D eigenvalue weighted by Crippen LogP contribution is 2.18. The Morgan fingerprint density at radius 3 is 2.41 bits per heavy atom. The van der Waals surface area contributed by atoms with Gasteiger partial charge in [0.15, 0.2) is 0 Å². The molecule has 0 bridgehead atoms. The minimum atomic E-state index is -0.332. The third kappa shape index (κ3) is 5.06. The van der Waals surface area contributed by atoms with E-state index in [1.54, 1.807) is 17.0 Å². The van der Waals surface area contributed by atoms with Crippen LogP contribution in [-0.4, -0.2) is 36.5 Å². The third-order valence-corrected chi connectivity index (χ3v) is 4.94. The maximum absolute atomic E-state index is 12.9. The van der Waals surface area contributed by atoms with Crippen molar-refractivity contribution < 1.29 is 14.0 Å². The number of benzene rings is 2. The van der Waals surface area contributed by atoms with Crippen LogP contribution in [0.2, 0.25) is 0 Å². The Bertz CT molecular complexity index is 799. The molecule has 3 rings (SSSR count). The van der Waals surface area contributed by atoms with Gasteiger partial charge in [0, 0.05) is 30.9 Å². The number of piperidine rings is 1. The molecule has 0 spiro atoms. The van der Waals surface area contributed by atoms with Gasteiger partial charge in [0.2, 0.25) is 0 Å². The number of nitrogens with one attached hydrogen (secondary N) is 2. The van der Waals surface area contributed by atoms with Gasteiger partial charge in [-0.05, 0) is 61.6 Å². The summed E-state index contributed by atoms with van der Waals surface area (Å²) >= 11 is 0. The summed E-state index contributed by atoms with van der Waals surface area (Å²) in [6.07, 6.45) is 1.68. The van der Waals surface area contributed by atoms with Gasteiger partial charge in [-0.25, -0.2) is 9.18 Å². The lowest BCUT2D eigenvalue weighted by Gasteiger charge is -2.32. The molecule has 3 amide bonds. The van der Waals surface area contributed by atoms with Crippen LogP contribution in [0.15, 0.2) is 48.5 Å². The van der Waals surface area contributed by atoms with Gasteiger partial charge in [0.1, 0.15) is 5.82 Å². The Labute approximate surface area is 158 Å². The van der Waals surface area contributed by atoms with E-state index in [9.17, 15) is 14.0 Å². The standard InChI is InChI=1S/C21H24FN3O2/c1-15-4-2-3-5-19(15)20(26)23-14-16-10-12-25(13-11-16)21(27)24-18-8-6-17(22)7-9-18/h2-9,16H,10-14H2,1H3,(H,23,26)(H,24,27). The first-order valence-corrected chi connectivity index (χ1v) is 9.18. The van der Waals surface area contributed by atoms with Crippen molar-refractivity contribution in [3.05, 3.63) is 65.5 Å². The molecule has 0 unspecified atom stereocenters. The molecule has 6 heteroatoms. The molecule has 1 heterocycles. The first-order valence-electron chi connectivity index (χ1n) is 9.18. The van der Waals surface area contributed by atoms with Crippen LogP contribution in [0.25, 0.3) is 0 Å². The summed E-state index contributed by atoms with van der Waals surface area (Å²) in [6, 6.07) is 13.1. The molecule has 1 fully saturated rings. The number of halogens is 1. The molecule has 0 aromatic heterocycles. The lowest BCUT2D eigenvalue weighted by atomic mass is 9.96. The predicted molar refractivity (Wildman–Crippen MR) is 103 cm³/mol. The van der Waals surface area contributed by atoms with Gasteiger partial charge >= 0.3 is 6.03 Å². The summed E-state index contributed by atoms with van der Waals surface area (Å²) in [7, 11) is 0. The van der Waals surface area contributed by atoms with E-state index in [4.69, 9.17) is 0 Å². The van der Waals surface area contributed by atoms with E-state index in [-0.39, 0.29) is 17.8 Å². The molecule has 142 valence electrons. The fourth-order valence-corrected chi connectivity index (χ4v) is 3.24. The molecule has 27 heavy (non-hydrogen) atoms. The molecule has 1 saturated heterocycles. The number of carbonyl (C=O) groups is 2. The zero-order valence-corrected chi connectivity index (χ0v) is 15.4. The number of hydrogen-bond acceptors (Lipinski definition) is 2. The van der Waals surface area contributed by atoms with Gasteiger partial charge in [0.05, 0.1) is 0 Å². The van der Waals surface area contributed by atoms with Crippen molar-refractivity contribution in [2.24, 2.45) is 5.92 Å². The molecule has 2 aromatic rings. The Balaban J connectivity index is 1.43. The fourth-order valence-electron chi connectivity index (χ4n) is 3.24. The van der Waals surface area contributed by atoms with Crippen LogP contribution in [-0.2, 0) is 0 Å². The van der Waals surface area contributed by atoms with E-state index in [0.29, 0.717) is 36.8 Å². The minimum Gasteiger partial charge on any atom is -0.352 e. The second-order valence-corrected chi connectivity index (χ2v) is 6.89. The SMILES string of the molecule is Cc1ccccc1C(=O)NCC1CCN(C(=O)Nc2ccc(F)cc2)CC1. The van der Waals surface area contributed by atoms with E-state index in [1.807, 2.05) is 31.2 Å². The summed E-state index contributed by atoms with van der Waals surface area (Å²) < 4.78 is 12.9. The number of likely N-dealkylation sites (tertiary alicyclic amines) is 1. The van der Waals surface area contributed by atoms with Crippen LogP contribution >= 0.6 is 0 Å². The van der Waals surface area contributed by atoms with Crippen LogP contribution in [0.4, 0.5) is 14.9 Å². The van der Waals surface area contributed by atoms with Gasteiger partial charge in [-0.3, -0.25) is 4.79 Å². The van der Waals surface area contributed by atoms with Crippen molar-refractivity contribution in [3.8, 4) is 0 Å². The quantitative estimate of drug-likeness (QED) is 0.861. The molecule has 5 nitrogen and oxygen atoms in total. The smallest absolute Gasteiger partial charge is 0.321 e. The van der Waals surface area contributed by atoms with Crippen molar-refractivity contribution >= 4 is 17.6 Å². The Kier molecular flexibility index (Phi) is 6.06. The number of nitrogens with zero attached hydrogens (tertiary/aromatic N) is 1. The van der Waals surface area contributed by atoms with Crippen LogP contribution in [0.5, 0.6) is 0 Å². The van der Waals surface area contributed by atoms with Gasteiger partial charge in [-0.2, -0.15) is 0 Å². The van der Waals surface area contributed by atoms with E-state index in [2.05, 4.69) is 10.6 Å². The zero-order chi connectivity index (χ0) is 19.2. The van der Waals surface area contributed by atoms with E-state index in [1.165, 1.54) is 12.1 Å². The van der Waals surface area contributed by atoms with E-state index in [0.717, 1.165) is 18.4 Å². The lowest BCUT2D eigenvalue weighted by Crippen LogP contribution is -2.43. The molecule has 2 N–H and O–H groups in total. The third-order valence-electron chi connectivity index (χ3n) is 4.94. The summed E-state index contributed by atoms with van der Waals surface area (Å²) in [5, 5.41) is 5.79. The second kappa shape index (κ2) is 8.66. The number of amides is 3. The number of carbonyl (C=O) groups excluding carboxylic acids is 2. The van der Waals surface area contributed by atoms with Crippen molar-refractivity contribution in [2.75, 3.05) is 25.0 Å². The van der Waals surface area contributed by atoms with Crippen LogP contribution in [0, 0.1) is 18.7 Å². The average molecular weight is 369 g/mol. The normalized spacial score (nSPS) is 14.7. The number of hydrogen-bond donors (Lipinski definition) is 2. The van der Waals surface area contributed by atoms with E-state index >= 15 is 0 Å². The molecular weight excluding hydrogens is 345 g/mol. The van der Waals surface area contributed by atoms with Gasteiger partial charge < -0.3 is 15.5 Å². The van der Waals surface area contributed by atoms with Crippen LogP contribution < -0.4 is 10.6 Å². The number of aryl methyl sites for hydroxylation is 1. The van der Waals surface area contributed by atoms with Crippen molar-refractivity contribution in [1.29, 1.82) is 0 Å². The fraction of sp³-hybridized carbons (Fsp3) is 0.333. The Morgan fingerprint density at radius 1 is 1.07 bits per heavy atom. The monoisotopic (exact) mass is 369 g/mol. The average Bonchev–Trinajstić information content (AvgIpc) is 2.68. The summed E-state index contributed by atoms with van der Waals surface area (Å²) in [6.45, 7) is 3.81. The number of anilines is 1. The molecule has 0 atom stereocenters. The van der Waals surface area contributed by atoms with E-state index < -0.39 is 0 Å². The Morgan fingerprint density at radius 2 is 1.74 bits per heavy atom. The molecule has 0 radical (unpaired) electrons. The summed E-state index contributed by atoms with van der Waals surface area (Å²) in [5.74, 6) is -0.0287. The highest BCUT2D eigenvalue weighted by Gasteiger charge is 2.23. The second-order valence-electron chi connectivity index (χ2n) is 6.89. The number of urea groups is 1. The van der Waals surface area contributed by atoms with Gasteiger partial charge in [-0.1, -0.05) is 18.2 Å². The Hall–Kier alpha value is -2.89. The van der Waals surface area contributed by atoms with Crippen molar-refractivity contribution in [2.45, 2.75) is 19.8 Å². The van der Waals surface area contributed by atoms with Crippen molar-refractivity contribution in [3.63, 3.8) is 0 Å². The molecule has 1 aliphatic heterocycles.